The fourth-order valence-corrected chi connectivity index (χ4v) is 2.57. The highest BCUT2D eigenvalue weighted by Crippen LogP contribution is 2.35. The molecular formula is C17H13F2N3O6. The van der Waals surface area contributed by atoms with Gasteiger partial charge in [0.05, 0.1) is 10.6 Å². The van der Waals surface area contributed by atoms with Crippen molar-refractivity contribution in [2.24, 2.45) is 0 Å². The lowest BCUT2D eigenvalue weighted by Crippen LogP contribution is -2.43. The van der Waals surface area contributed by atoms with Gasteiger partial charge in [0.15, 0.2) is 6.61 Å². The first kappa shape index (κ1) is 19.0. The van der Waals surface area contributed by atoms with Gasteiger partial charge in [-0.15, -0.1) is 0 Å². The van der Waals surface area contributed by atoms with Gasteiger partial charge < -0.3 is 14.8 Å². The number of anilines is 2. The van der Waals surface area contributed by atoms with Crippen LogP contribution in [-0.2, 0) is 9.59 Å². The van der Waals surface area contributed by atoms with Gasteiger partial charge in [-0.1, -0.05) is 6.07 Å². The summed E-state index contributed by atoms with van der Waals surface area (Å²) in [6.45, 7) is -3.78. The van der Waals surface area contributed by atoms with Crippen LogP contribution >= 0.6 is 0 Å². The normalized spacial score (nSPS) is 13.0. The molecule has 0 aromatic heterocycles. The predicted molar refractivity (Wildman–Crippen MR) is 92.6 cm³/mol. The summed E-state index contributed by atoms with van der Waals surface area (Å²) in [4.78, 5) is 35.9. The minimum Gasteiger partial charge on any atom is -0.482 e. The fourth-order valence-electron chi connectivity index (χ4n) is 2.57. The van der Waals surface area contributed by atoms with Gasteiger partial charge in [-0.25, -0.2) is 0 Å². The van der Waals surface area contributed by atoms with Crippen molar-refractivity contribution in [2.75, 3.05) is 23.4 Å². The van der Waals surface area contributed by atoms with Gasteiger partial charge in [0.1, 0.15) is 18.0 Å². The van der Waals surface area contributed by atoms with E-state index in [4.69, 9.17) is 4.74 Å². The van der Waals surface area contributed by atoms with Gasteiger partial charge in [0.2, 0.25) is 5.91 Å². The topological polar surface area (TPSA) is 111 Å². The molecule has 0 radical (unpaired) electrons. The molecule has 2 aromatic carbocycles. The fraction of sp³-hybridized carbons (Fsp3) is 0.176. The van der Waals surface area contributed by atoms with Crippen LogP contribution in [-0.4, -0.2) is 36.5 Å². The van der Waals surface area contributed by atoms with E-state index in [-0.39, 0.29) is 35.2 Å². The third kappa shape index (κ3) is 4.31. The zero-order chi connectivity index (χ0) is 20.3. The summed E-state index contributed by atoms with van der Waals surface area (Å²) in [5, 5.41) is 13.4. The molecule has 0 fully saturated rings. The summed E-state index contributed by atoms with van der Waals surface area (Å²) in [6.07, 6.45) is 0. The number of benzene rings is 2. The maximum absolute atomic E-state index is 12.3. The summed E-state index contributed by atoms with van der Waals surface area (Å²) in [6, 6.07) is 9.06. The quantitative estimate of drug-likeness (QED) is 0.596. The Bertz CT molecular complexity index is 937. The number of ether oxygens (including phenoxy) is 2. The number of carbonyl (C=O) groups is 2. The van der Waals surface area contributed by atoms with Crippen molar-refractivity contribution in [3.05, 3.63) is 52.6 Å². The maximum atomic E-state index is 12.3. The zero-order valence-corrected chi connectivity index (χ0v) is 14.1. The van der Waals surface area contributed by atoms with E-state index in [1.165, 1.54) is 36.4 Å². The van der Waals surface area contributed by atoms with E-state index in [0.29, 0.717) is 0 Å². The van der Waals surface area contributed by atoms with Crippen molar-refractivity contribution < 1.29 is 32.8 Å². The Hall–Kier alpha value is -3.76. The molecule has 0 spiro atoms. The third-order valence-electron chi connectivity index (χ3n) is 3.74. The molecule has 146 valence electrons. The number of nitrogens with one attached hydrogen (secondary N) is 1. The van der Waals surface area contributed by atoms with Crippen molar-refractivity contribution >= 4 is 28.9 Å². The van der Waals surface area contributed by atoms with Crippen LogP contribution < -0.4 is 19.7 Å². The van der Waals surface area contributed by atoms with E-state index < -0.39 is 29.9 Å². The number of alkyl halides is 2. The molecule has 28 heavy (non-hydrogen) atoms. The van der Waals surface area contributed by atoms with Crippen LogP contribution in [0.15, 0.2) is 42.5 Å². The van der Waals surface area contributed by atoms with E-state index >= 15 is 0 Å². The maximum Gasteiger partial charge on any atom is 0.387 e. The molecule has 2 amide bonds. The molecule has 0 unspecified atom stereocenters. The first-order valence-corrected chi connectivity index (χ1v) is 7.90. The van der Waals surface area contributed by atoms with Crippen LogP contribution in [0.4, 0.5) is 25.8 Å². The molecule has 0 bridgehead atoms. The van der Waals surface area contributed by atoms with Gasteiger partial charge in [-0.3, -0.25) is 24.6 Å². The number of nitro benzene ring substituents is 1. The summed E-state index contributed by atoms with van der Waals surface area (Å²) in [5.41, 5.74) is 0.0119. The molecule has 0 aliphatic carbocycles. The Morgan fingerprint density at radius 3 is 2.82 bits per heavy atom. The van der Waals surface area contributed by atoms with Gasteiger partial charge in [0.25, 0.3) is 11.6 Å². The SMILES string of the molecule is O=C(CN1C(=O)COc2ccc([N+](=O)[O-])cc21)Nc1cccc(OC(F)F)c1. The average molecular weight is 393 g/mol. The number of hydrogen-bond donors (Lipinski definition) is 1. The lowest BCUT2D eigenvalue weighted by molar-refractivity contribution is -0.384. The smallest absolute Gasteiger partial charge is 0.387 e. The second-order valence-corrected chi connectivity index (χ2v) is 5.63. The molecule has 0 saturated heterocycles. The van der Waals surface area contributed by atoms with Crippen molar-refractivity contribution in [2.45, 2.75) is 6.61 Å². The summed E-state index contributed by atoms with van der Waals surface area (Å²) in [5.74, 6) is -1.11. The highest BCUT2D eigenvalue weighted by Gasteiger charge is 2.29. The molecule has 1 heterocycles. The zero-order valence-electron chi connectivity index (χ0n) is 14.1. The van der Waals surface area contributed by atoms with Crippen molar-refractivity contribution in [1.82, 2.24) is 0 Å². The monoisotopic (exact) mass is 393 g/mol. The Balaban J connectivity index is 1.76. The van der Waals surface area contributed by atoms with E-state index in [9.17, 15) is 28.5 Å². The van der Waals surface area contributed by atoms with E-state index in [0.717, 1.165) is 11.0 Å². The highest BCUT2D eigenvalue weighted by atomic mass is 19.3. The first-order valence-electron chi connectivity index (χ1n) is 7.90. The Kier molecular flexibility index (Phi) is 5.34. The molecule has 11 heteroatoms. The number of non-ortho nitro benzene ring substituents is 1. The molecule has 1 N–H and O–H groups in total. The number of amides is 2. The molecule has 1 aliphatic heterocycles. The summed E-state index contributed by atoms with van der Waals surface area (Å²) in [7, 11) is 0. The van der Waals surface area contributed by atoms with Crippen LogP contribution in [0, 0.1) is 10.1 Å². The van der Waals surface area contributed by atoms with E-state index in [1.807, 2.05) is 0 Å². The number of fused-ring (bicyclic) bond motifs is 1. The van der Waals surface area contributed by atoms with Crippen LogP contribution in [0.3, 0.4) is 0 Å². The lowest BCUT2D eigenvalue weighted by Gasteiger charge is -2.28. The van der Waals surface area contributed by atoms with E-state index in [2.05, 4.69) is 10.1 Å². The van der Waals surface area contributed by atoms with Crippen LogP contribution in [0.2, 0.25) is 0 Å². The molecule has 2 aromatic rings. The number of nitrogens with zero attached hydrogens (tertiary/aromatic N) is 2. The minimum atomic E-state index is -3.01. The summed E-state index contributed by atoms with van der Waals surface area (Å²) >= 11 is 0. The number of carbonyl (C=O) groups excluding carboxylic acids is 2. The van der Waals surface area contributed by atoms with Gasteiger partial charge >= 0.3 is 6.61 Å². The van der Waals surface area contributed by atoms with Crippen LogP contribution in [0.5, 0.6) is 11.5 Å². The van der Waals surface area contributed by atoms with Crippen molar-refractivity contribution in [3.8, 4) is 11.5 Å². The molecule has 3 rings (SSSR count). The number of hydrogen-bond acceptors (Lipinski definition) is 6. The van der Waals surface area contributed by atoms with Gasteiger partial charge in [-0.2, -0.15) is 8.78 Å². The second-order valence-electron chi connectivity index (χ2n) is 5.63. The van der Waals surface area contributed by atoms with Crippen molar-refractivity contribution in [3.63, 3.8) is 0 Å². The highest BCUT2D eigenvalue weighted by molar-refractivity contribution is 6.05. The van der Waals surface area contributed by atoms with Crippen LogP contribution in [0.25, 0.3) is 0 Å². The number of nitro groups is 1. The average Bonchev–Trinajstić information content (AvgIpc) is 2.63. The standard InChI is InChI=1S/C17H13F2N3O6/c18-17(19)28-12-3-1-2-10(6-12)20-15(23)8-21-13-7-11(22(25)26)4-5-14(13)27-9-16(21)24/h1-7,17H,8-9H2,(H,20,23). The molecular weight excluding hydrogens is 380 g/mol. The number of rotatable bonds is 6. The lowest BCUT2D eigenvalue weighted by atomic mass is 10.2. The molecule has 0 atom stereocenters. The Morgan fingerprint density at radius 2 is 2.11 bits per heavy atom. The summed E-state index contributed by atoms with van der Waals surface area (Å²) < 4.78 is 34.0. The van der Waals surface area contributed by atoms with Gasteiger partial charge in [-0.05, 0) is 18.2 Å². The number of halogens is 2. The van der Waals surface area contributed by atoms with Crippen molar-refractivity contribution in [1.29, 1.82) is 0 Å². The third-order valence-corrected chi connectivity index (χ3v) is 3.74. The Labute approximate surface area is 156 Å². The molecule has 1 aliphatic rings. The first-order chi connectivity index (χ1) is 13.3. The van der Waals surface area contributed by atoms with Crippen LogP contribution in [0.1, 0.15) is 0 Å². The molecule has 0 saturated carbocycles. The van der Waals surface area contributed by atoms with Gasteiger partial charge in [0, 0.05) is 23.9 Å². The second kappa shape index (κ2) is 7.86. The predicted octanol–water partition coefficient (Wildman–Crippen LogP) is 2.56. The Morgan fingerprint density at radius 1 is 1.32 bits per heavy atom. The minimum absolute atomic E-state index is 0.0929. The van der Waals surface area contributed by atoms with E-state index in [1.54, 1.807) is 0 Å². The molecule has 9 nitrogen and oxygen atoms in total. The largest absolute Gasteiger partial charge is 0.482 e.